The summed E-state index contributed by atoms with van der Waals surface area (Å²) in [5.74, 6) is 2.96. The first kappa shape index (κ1) is 24.7. The minimum atomic E-state index is 0. The Hall–Kier alpha value is -2.53. The van der Waals surface area contributed by atoms with Crippen LogP contribution in [0.15, 0.2) is 52.0 Å². The van der Waals surface area contributed by atoms with Gasteiger partial charge in [0.05, 0.1) is 27.3 Å². The number of nitrogens with one attached hydrogen (secondary N) is 2. The summed E-state index contributed by atoms with van der Waals surface area (Å²) in [5, 5.41) is 11.1. The number of aromatic nitrogens is 2. The first-order valence-electron chi connectivity index (χ1n) is 9.44. The molecule has 166 valence electrons. The maximum Gasteiger partial charge on any atom is 0.246 e. The number of methoxy groups -OCH3 is 2. The minimum absolute atomic E-state index is 0. The summed E-state index contributed by atoms with van der Waals surface area (Å²) in [7, 11) is 3.22. The van der Waals surface area contributed by atoms with Crippen molar-refractivity contribution in [2.75, 3.05) is 20.8 Å². The average molecular weight is 558 g/mol. The molecule has 0 spiro atoms. The number of hydrogen-bond donors (Lipinski definition) is 2. The van der Waals surface area contributed by atoms with Crippen LogP contribution in [0.5, 0.6) is 11.5 Å². The quantitative estimate of drug-likeness (QED) is 0.243. The summed E-state index contributed by atoms with van der Waals surface area (Å²) in [6.45, 7) is 3.53. The van der Waals surface area contributed by atoms with Gasteiger partial charge >= 0.3 is 0 Å². The summed E-state index contributed by atoms with van der Waals surface area (Å²) in [4.78, 5) is 9.00. The Morgan fingerprint density at radius 3 is 2.48 bits per heavy atom. The fourth-order valence-corrected chi connectivity index (χ4v) is 2.82. The van der Waals surface area contributed by atoms with E-state index in [0.29, 0.717) is 47.3 Å². The van der Waals surface area contributed by atoms with E-state index >= 15 is 0 Å². The van der Waals surface area contributed by atoms with Crippen LogP contribution in [0.1, 0.15) is 18.4 Å². The van der Waals surface area contributed by atoms with E-state index in [9.17, 15) is 0 Å². The van der Waals surface area contributed by atoms with Crippen LogP contribution in [-0.4, -0.2) is 36.9 Å². The van der Waals surface area contributed by atoms with Crippen LogP contribution in [-0.2, 0) is 13.1 Å². The normalized spacial score (nSPS) is 10.9. The molecule has 0 saturated carbocycles. The smallest absolute Gasteiger partial charge is 0.246 e. The molecule has 3 aromatic rings. The zero-order valence-corrected chi connectivity index (χ0v) is 20.6. The van der Waals surface area contributed by atoms with Crippen LogP contribution in [0.25, 0.3) is 11.4 Å². The lowest BCUT2D eigenvalue weighted by Crippen LogP contribution is -2.36. The summed E-state index contributed by atoms with van der Waals surface area (Å²) in [6.07, 6.45) is 0. The molecule has 0 aliphatic carbocycles. The second-order valence-electron chi connectivity index (χ2n) is 6.26. The highest BCUT2D eigenvalue weighted by molar-refractivity contribution is 14.0. The van der Waals surface area contributed by atoms with E-state index < -0.39 is 0 Å². The third-order valence-corrected chi connectivity index (χ3v) is 4.44. The second-order valence-corrected chi connectivity index (χ2v) is 6.69. The van der Waals surface area contributed by atoms with Crippen molar-refractivity contribution < 1.29 is 14.0 Å². The third kappa shape index (κ3) is 7.00. The van der Waals surface area contributed by atoms with Crippen molar-refractivity contribution in [3.8, 4) is 22.9 Å². The monoisotopic (exact) mass is 557 g/mol. The maximum absolute atomic E-state index is 5.92. The lowest BCUT2D eigenvalue weighted by Gasteiger charge is -2.11. The molecule has 0 unspecified atom stereocenters. The highest BCUT2D eigenvalue weighted by atomic mass is 127. The fraction of sp³-hybridized carbons (Fsp3) is 0.286. The Bertz CT molecular complexity index is 995. The number of ether oxygens (including phenoxy) is 2. The second kappa shape index (κ2) is 12.4. The summed E-state index contributed by atoms with van der Waals surface area (Å²) in [5.41, 5.74) is 1.83. The lowest BCUT2D eigenvalue weighted by molar-refractivity contribution is 0.354. The zero-order chi connectivity index (χ0) is 21.3. The van der Waals surface area contributed by atoms with Gasteiger partial charge in [-0.3, -0.25) is 0 Å². The molecule has 0 aliphatic rings. The Kier molecular flexibility index (Phi) is 9.86. The fourth-order valence-electron chi connectivity index (χ4n) is 2.69. The molecule has 0 aliphatic heterocycles. The molecule has 1 heterocycles. The van der Waals surface area contributed by atoms with Gasteiger partial charge in [0.1, 0.15) is 0 Å². The van der Waals surface area contributed by atoms with Crippen molar-refractivity contribution in [1.82, 2.24) is 20.8 Å². The molecule has 0 amide bonds. The lowest BCUT2D eigenvalue weighted by atomic mass is 10.2. The number of hydrogen-bond acceptors (Lipinski definition) is 6. The van der Waals surface area contributed by atoms with Crippen LogP contribution in [0, 0.1) is 0 Å². The molecular weight excluding hydrogens is 533 g/mol. The van der Waals surface area contributed by atoms with Crippen molar-refractivity contribution in [2.45, 2.75) is 20.0 Å². The predicted octanol–water partition coefficient (Wildman–Crippen LogP) is 4.28. The number of rotatable bonds is 8. The Morgan fingerprint density at radius 2 is 1.81 bits per heavy atom. The van der Waals surface area contributed by atoms with Crippen LogP contribution in [0.3, 0.4) is 0 Å². The molecule has 31 heavy (non-hydrogen) atoms. The van der Waals surface area contributed by atoms with Gasteiger partial charge in [0.2, 0.25) is 11.7 Å². The van der Waals surface area contributed by atoms with Gasteiger partial charge in [-0.15, -0.1) is 24.0 Å². The molecule has 10 heteroatoms. The molecule has 1 aromatic heterocycles. The van der Waals surface area contributed by atoms with E-state index in [1.54, 1.807) is 26.4 Å². The van der Waals surface area contributed by atoms with Crippen molar-refractivity contribution in [2.24, 2.45) is 4.99 Å². The van der Waals surface area contributed by atoms with Gasteiger partial charge in [0.15, 0.2) is 17.5 Å². The molecule has 3 rings (SSSR count). The van der Waals surface area contributed by atoms with Crippen molar-refractivity contribution in [3.05, 3.63) is 58.9 Å². The standard InChI is InChI=1S/C21H24ClN5O3.HI/c1-4-23-21(24-12-14-5-10-17(28-2)18(11-14)29-3)25-13-19-26-20(27-30-19)15-6-8-16(22)9-7-15;/h5-11H,4,12-13H2,1-3H3,(H2,23,24,25);1H. The van der Waals surface area contributed by atoms with E-state index in [1.165, 1.54) is 0 Å². The Labute approximate surface area is 203 Å². The first-order valence-corrected chi connectivity index (χ1v) is 9.82. The highest BCUT2D eigenvalue weighted by Gasteiger charge is 2.10. The summed E-state index contributed by atoms with van der Waals surface area (Å²) >= 11 is 5.92. The van der Waals surface area contributed by atoms with Crippen molar-refractivity contribution in [1.29, 1.82) is 0 Å². The summed E-state index contributed by atoms with van der Waals surface area (Å²) in [6, 6.07) is 13.0. The van der Waals surface area contributed by atoms with Crippen LogP contribution in [0.4, 0.5) is 0 Å². The summed E-state index contributed by atoms with van der Waals surface area (Å²) < 4.78 is 15.9. The molecule has 8 nitrogen and oxygen atoms in total. The van der Waals surface area contributed by atoms with E-state index in [1.807, 2.05) is 37.3 Å². The largest absolute Gasteiger partial charge is 0.493 e. The number of benzene rings is 2. The van der Waals surface area contributed by atoms with Gasteiger partial charge in [-0.1, -0.05) is 22.8 Å². The maximum atomic E-state index is 5.92. The molecule has 0 atom stereocenters. The van der Waals surface area contributed by atoms with E-state index in [-0.39, 0.29) is 24.0 Å². The van der Waals surface area contributed by atoms with Gasteiger partial charge in [-0.25, -0.2) is 4.99 Å². The van der Waals surface area contributed by atoms with Crippen molar-refractivity contribution >= 4 is 41.5 Å². The Balaban J connectivity index is 0.00000341. The number of aliphatic imine (C=N–C) groups is 1. The number of guanidine groups is 1. The highest BCUT2D eigenvalue weighted by Crippen LogP contribution is 2.27. The van der Waals surface area contributed by atoms with Gasteiger partial charge in [-0.05, 0) is 48.9 Å². The van der Waals surface area contributed by atoms with E-state index in [4.69, 9.17) is 25.6 Å². The van der Waals surface area contributed by atoms with Crippen LogP contribution >= 0.6 is 35.6 Å². The van der Waals surface area contributed by atoms with Gasteiger partial charge in [0.25, 0.3) is 0 Å². The van der Waals surface area contributed by atoms with Crippen LogP contribution in [0.2, 0.25) is 5.02 Å². The SMILES string of the molecule is CCNC(=NCc1ccc(OC)c(OC)c1)NCc1nc(-c2ccc(Cl)cc2)no1.I. The predicted molar refractivity (Wildman–Crippen MR) is 131 cm³/mol. The molecule has 0 radical (unpaired) electrons. The van der Waals surface area contributed by atoms with Crippen molar-refractivity contribution in [3.63, 3.8) is 0 Å². The first-order chi connectivity index (χ1) is 14.6. The molecule has 0 fully saturated rings. The minimum Gasteiger partial charge on any atom is -0.493 e. The van der Waals surface area contributed by atoms with Gasteiger partial charge in [0, 0.05) is 17.1 Å². The number of nitrogens with zero attached hydrogens (tertiary/aromatic N) is 3. The Morgan fingerprint density at radius 1 is 1.06 bits per heavy atom. The molecular formula is C21H25ClIN5O3. The molecule has 2 aromatic carbocycles. The molecule has 0 saturated heterocycles. The topological polar surface area (TPSA) is 93.8 Å². The number of halogens is 2. The van der Waals surface area contributed by atoms with E-state index in [2.05, 4.69) is 25.8 Å². The zero-order valence-electron chi connectivity index (χ0n) is 17.5. The molecule has 0 bridgehead atoms. The average Bonchev–Trinajstić information content (AvgIpc) is 3.25. The third-order valence-electron chi connectivity index (χ3n) is 4.19. The van der Waals surface area contributed by atoms with Crippen LogP contribution < -0.4 is 20.1 Å². The van der Waals surface area contributed by atoms with E-state index in [0.717, 1.165) is 17.7 Å². The molecule has 2 N–H and O–H groups in total. The van der Waals surface area contributed by atoms with Gasteiger partial charge < -0.3 is 24.6 Å². The van der Waals surface area contributed by atoms with Gasteiger partial charge in [-0.2, -0.15) is 4.98 Å².